The van der Waals surface area contributed by atoms with Crippen molar-refractivity contribution in [1.29, 1.82) is 5.26 Å². The van der Waals surface area contributed by atoms with Crippen molar-refractivity contribution in [2.45, 2.75) is 26.3 Å². The first kappa shape index (κ1) is 13.0. The SMILES string of the molecule is Cc1ccnc(N2CC(=O)NC(=O)C2(C)C)c1C#N. The fourth-order valence-corrected chi connectivity index (χ4v) is 2.01. The van der Waals surface area contributed by atoms with E-state index < -0.39 is 17.4 Å². The van der Waals surface area contributed by atoms with E-state index in [1.807, 2.05) is 0 Å². The van der Waals surface area contributed by atoms with Crippen LogP contribution in [0.2, 0.25) is 0 Å². The first-order chi connectivity index (χ1) is 8.87. The molecule has 1 saturated heterocycles. The lowest BCUT2D eigenvalue weighted by Crippen LogP contribution is -2.64. The Morgan fingerprint density at radius 1 is 1.47 bits per heavy atom. The smallest absolute Gasteiger partial charge is 0.251 e. The zero-order chi connectivity index (χ0) is 14.2. The van der Waals surface area contributed by atoms with Crippen LogP contribution in [-0.2, 0) is 9.59 Å². The third-order valence-electron chi connectivity index (χ3n) is 3.29. The average Bonchev–Trinajstić information content (AvgIpc) is 2.34. The van der Waals surface area contributed by atoms with E-state index in [1.165, 1.54) is 0 Å². The number of carbonyl (C=O) groups is 2. The van der Waals surface area contributed by atoms with Gasteiger partial charge >= 0.3 is 0 Å². The Bertz CT molecular complexity index is 601. The Morgan fingerprint density at radius 2 is 2.16 bits per heavy atom. The highest BCUT2D eigenvalue weighted by Crippen LogP contribution is 2.28. The largest absolute Gasteiger partial charge is 0.332 e. The number of aryl methyl sites for hydroxylation is 1. The minimum absolute atomic E-state index is 0.00384. The quantitative estimate of drug-likeness (QED) is 0.741. The molecule has 2 amide bonds. The Morgan fingerprint density at radius 3 is 2.79 bits per heavy atom. The molecule has 2 heterocycles. The van der Waals surface area contributed by atoms with Crippen LogP contribution >= 0.6 is 0 Å². The maximum Gasteiger partial charge on any atom is 0.251 e. The van der Waals surface area contributed by atoms with Crippen molar-refractivity contribution >= 4 is 17.6 Å². The average molecular weight is 258 g/mol. The maximum atomic E-state index is 11.9. The number of amides is 2. The molecule has 0 atom stereocenters. The summed E-state index contributed by atoms with van der Waals surface area (Å²) in [6, 6.07) is 3.80. The number of hydrogen-bond acceptors (Lipinski definition) is 5. The third kappa shape index (κ3) is 2.03. The van der Waals surface area contributed by atoms with Crippen molar-refractivity contribution in [2.24, 2.45) is 0 Å². The standard InChI is InChI=1S/C13H14N4O2/c1-8-4-5-15-11(9(8)6-14)17-7-10(18)16-12(19)13(17,2)3/h4-5H,7H2,1-3H3,(H,16,18,19). The Labute approximate surface area is 111 Å². The number of nitrogens with one attached hydrogen (secondary N) is 1. The summed E-state index contributed by atoms with van der Waals surface area (Å²) in [5, 5.41) is 11.5. The van der Waals surface area contributed by atoms with Gasteiger partial charge in [0.25, 0.3) is 5.91 Å². The number of carbonyl (C=O) groups excluding carboxylic acids is 2. The zero-order valence-corrected chi connectivity index (χ0v) is 11.0. The monoisotopic (exact) mass is 258 g/mol. The lowest BCUT2D eigenvalue weighted by Gasteiger charge is -2.41. The first-order valence-corrected chi connectivity index (χ1v) is 5.85. The lowest BCUT2D eigenvalue weighted by molar-refractivity contribution is -0.135. The van der Waals surface area contributed by atoms with Gasteiger partial charge in [-0.05, 0) is 32.4 Å². The second-order valence-electron chi connectivity index (χ2n) is 4.96. The van der Waals surface area contributed by atoms with E-state index in [-0.39, 0.29) is 6.54 Å². The van der Waals surface area contributed by atoms with Crippen molar-refractivity contribution in [3.63, 3.8) is 0 Å². The van der Waals surface area contributed by atoms with Crippen molar-refractivity contribution in [3.05, 3.63) is 23.4 Å². The van der Waals surface area contributed by atoms with Crippen LogP contribution in [-0.4, -0.2) is 28.9 Å². The number of aromatic nitrogens is 1. The Balaban J connectivity index is 2.57. The molecule has 0 spiro atoms. The fourth-order valence-electron chi connectivity index (χ4n) is 2.01. The molecule has 6 heteroatoms. The number of pyridine rings is 1. The minimum Gasteiger partial charge on any atom is -0.332 e. The summed E-state index contributed by atoms with van der Waals surface area (Å²) < 4.78 is 0. The Hall–Kier alpha value is -2.42. The number of anilines is 1. The number of nitrogens with zero attached hydrogens (tertiary/aromatic N) is 3. The molecule has 1 N–H and O–H groups in total. The molecule has 0 bridgehead atoms. The molecule has 1 aromatic heterocycles. The van der Waals surface area contributed by atoms with E-state index in [9.17, 15) is 14.9 Å². The molecule has 0 unspecified atom stereocenters. The fraction of sp³-hybridized carbons (Fsp3) is 0.385. The zero-order valence-electron chi connectivity index (χ0n) is 11.0. The molecule has 0 aromatic carbocycles. The van der Waals surface area contributed by atoms with E-state index in [0.29, 0.717) is 11.4 Å². The highest BCUT2D eigenvalue weighted by molar-refractivity contribution is 6.06. The molecule has 6 nitrogen and oxygen atoms in total. The van der Waals surface area contributed by atoms with Crippen molar-refractivity contribution in [1.82, 2.24) is 10.3 Å². The summed E-state index contributed by atoms with van der Waals surface area (Å²) in [4.78, 5) is 29.2. The number of imide groups is 1. The van der Waals surface area contributed by atoms with E-state index in [1.54, 1.807) is 37.9 Å². The summed E-state index contributed by atoms with van der Waals surface area (Å²) in [5.74, 6) is -0.414. The molecule has 0 radical (unpaired) electrons. The predicted octanol–water partition coefficient (Wildman–Crippen LogP) is 0.503. The van der Waals surface area contributed by atoms with Gasteiger partial charge in [-0.2, -0.15) is 5.26 Å². The van der Waals surface area contributed by atoms with Crippen LogP contribution in [0, 0.1) is 18.3 Å². The van der Waals surface area contributed by atoms with Gasteiger partial charge in [0.2, 0.25) is 5.91 Å². The minimum atomic E-state index is -0.930. The van der Waals surface area contributed by atoms with Gasteiger partial charge in [0, 0.05) is 6.20 Å². The van der Waals surface area contributed by atoms with Crippen LogP contribution in [0.4, 0.5) is 5.82 Å². The highest BCUT2D eigenvalue weighted by atomic mass is 16.2. The molecular weight excluding hydrogens is 244 g/mol. The molecule has 1 aromatic rings. The van der Waals surface area contributed by atoms with Crippen molar-refractivity contribution < 1.29 is 9.59 Å². The van der Waals surface area contributed by atoms with Crippen LogP contribution in [0.1, 0.15) is 25.0 Å². The second-order valence-corrected chi connectivity index (χ2v) is 4.96. The number of nitriles is 1. The molecule has 0 aliphatic carbocycles. The topological polar surface area (TPSA) is 86.1 Å². The van der Waals surface area contributed by atoms with Gasteiger partial charge < -0.3 is 4.90 Å². The third-order valence-corrected chi connectivity index (χ3v) is 3.29. The van der Waals surface area contributed by atoms with Gasteiger partial charge in [-0.25, -0.2) is 4.98 Å². The van der Waals surface area contributed by atoms with Crippen LogP contribution in [0.3, 0.4) is 0 Å². The molecule has 19 heavy (non-hydrogen) atoms. The molecule has 1 aliphatic rings. The van der Waals surface area contributed by atoms with Crippen LogP contribution in [0.25, 0.3) is 0 Å². The summed E-state index contributed by atoms with van der Waals surface area (Å²) in [6.07, 6.45) is 1.57. The molecule has 1 aliphatic heterocycles. The number of hydrogen-bond donors (Lipinski definition) is 1. The normalized spacial score (nSPS) is 17.9. The summed E-state index contributed by atoms with van der Waals surface area (Å²) in [6.45, 7) is 5.19. The lowest BCUT2D eigenvalue weighted by atomic mass is 9.97. The van der Waals surface area contributed by atoms with E-state index in [0.717, 1.165) is 5.56 Å². The molecular formula is C13H14N4O2. The second kappa shape index (κ2) is 4.35. The summed E-state index contributed by atoms with van der Waals surface area (Å²) in [7, 11) is 0. The van der Waals surface area contributed by atoms with Gasteiger partial charge in [-0.15, -0.1) is 0 Å². The van der Waals surface area contributed by atoms with Gasteiger partial charge in [0.15, 0.2) is 0 Å². The van der Waals surface area contributed by atoms with Gasteiger partial charge in [-0.1, -0.05) is 0 Å². The molecule has 2 rings (SSSR count). The van der Waals surface area contributed by atoms with Gasteiger partial charge in [0.05, 0.1) is 12.1 Å². The van der Waals surface area contributed by atoms with Gasteiger partial charge in [0.1, 0.15) is 17.4 Å². The van der Waals surface area contributed by atoms with E-state index >= 15 is 0 Å². The predicted molar refractivity (Wildman–Crippen MR) is 68.3 cm³/mol. The van der Waals surface area contributed by atoms with Crippen LogP contribution in [0.15, 0.2) is 12.3 Å². The molecule has 1 fully saturated rings. The van der Waals surface area contributed by atoms with E-state index in [2.05, 4.69) is 16.4 Å². The molecule has 98 valence electrons. The number of rotatable bonds is 1. The summed E-state index contributed by atoms with van der Waals surface area (Å²) in [5.41, 5.74) is 0.222. The van der Waals surface area contributed by atoms with Gasteiger partial charge in [-0.3, -0.25) is 14.9 Å². The van der Waals surface area contributed by atoms with Crippen LogP contribution < -0.4 is 10.2 Å². The maximum absolute atomic E-state index is 11.9. The highest BCUT2D eigenvalue weighted by Gasteiger charge is 2.42. The van der Waals surface area contributed by atoms with Crippen molar-refractivity contribution in [3.8, 4) is 6.07 Å². The van der Waals surface area contributed by atoms with Crippen molar-refractivity contribution in [2.75, 3.05) is 11.4 Å². The van der Waals surface area contributed by atoms with Crippen LogP contribution in [0.5, 0.6) is 0 Å². The summed E-state index contributed by atoms with van der Waals surface area (Å²) >= 11 is 0. The number of piperazine rings is 1. The molecule has 0 saturated carbocycles. The first-order valence-electron chi connectivity index (χ1n) is 5.85. The Kier molecular flexibility index (Phi) is 2.98. The van der Waals surface area contributed by atoms with E-state index in [4.69, 9.17) is 0 Å².